The quantitative estimate of drug-likeness (QED) is 0.273. The van der Waals surface area contributed by atoms with Gasteiger partial charge in [-0.3, -0.25) is 9.59 Å². The first-order valence-electron chi connectivity index (χ1n) is 7.39. The van der Waals surface area contributed by atoms with Crippen molar-refractivity contribution in [1.29, 1.82) is 0 Å². The fourth-order valence-electron chi connectivity index (χ4n) is 2.34. The fraction of sp³-hybridized carbons (Fsp3) is 0. The molecule has 27 heavy (non-hydrogen) atoms. The largest absolute Gasteiger partial charge is 0.505 e. The number of urea groups is 1. The van der Waals surface area contributed by atoms with Gasteiger partial charge in [0.15, 0.2) is 5.75 Å². The van der Waals surface area contributed by atoms with E-state index in [4.69, 9.17) is 0 Å². The molecule has 7 nitrogen and oxygen atoms in total. The van der Waals surface area contributed by atoms with Crippen LogP contribution in [0.15, 0.2) is 59.4 Å². The van der Waals surface area contributed by atoms with E-state index in [0.29, 0.717) is 14.6 Å². The highest BCUT2D eigenvalue weighted by Crippen LogP contribution is 2.36. The van der Waals surface area contributed by atoms with Gasteiger partial charge in [0.2, 0.25) is 0 Å². The molecule has 1 aromatic heterocycles. The number of fused-ring (bicyclic) bond motifs is 1. The summed E-state index contributed by atoms with van der Waals surface area (Å²) in [5.41, 5.74) is -1.86. The molecule has 1 heterocycles. The number of carbonyl (C=O) groups excluding carboxylic acids is 1. The highest BCUT2D eigenvalue weighted by Gasteiger charge is 2.16. The van der Waals surface area contributed by atoms with Crippen LogP contribution in [0.25, 0.3) is 10.9 Å². The molecule has 3 aromatic rings. The van der Waals surface area contributed by atoms with Crippen molar-refractivity contribution in [3.63, 3.8) is 0 Å². The van der Waals surface area contributed by atoms with Crippen LogP contribution in [-0.2, 0) is 0 Å². The summed E-state index contributed by atoms with van der Waals surface area (Å²) >= 11 is 10.0. The summed E-state index contributed by atoms with van der Waals surface area (Å²) in [6.07, 6.45) is 0. The van der Waals surface area contributed by atoms with Crippen LogP contribution in [0.1, 0.15) is 0 Å². The molecule has 4 N–H and O–H groups in total. The summed E-state index contributed by atoms with van der Waals surface area (Å²) in [7, 11) is 0. The lowest BCUT2D eigenvalue weighted by Crippen LogP contribution is -2.30. The number of aromatic nitrogens is 1. The first-order chi connectivity index (χ1) is 12.8. The van der Waals surface area contributed by atoms with Gasteiger partial charge in [-0.15, -0.1) is 0 Å². The van der Waals surface area contributed by atoms with Gasteiger partial charge in [0, 0.05) is 14.3 Å². The van der Waals surface area contributed by atoms with Crippen molar-refractivity contribution in [2.24, 2.45) is 0 Å². The Morgan fingerprint density at radius 2 is 1.67 bits per heavy atom. The number of nitrogens with one attached hydrogen (secondary N) is 3. The van der Waals surface area contributed by atoms with Gasteiger partial charge in [0.25, 0.3) is 11.0 Å². The van der Waals surface area contributed by atoms with Crippen molar-refractivity contribution in [3.8, 4) is 5.75 Å². The van der Waals surface area contributed by atoms with Gasteiger partial charge in [-0.2, -0.15) is 0 Å². The second-order valence-electron chi connectivity index (χ2n) is 5.35. The predicted octanol–water partition coefficient (Wildman–Crippen LogP) is 4.53. The predicted molar refractivity (Wildman–Crippen MR) is 115 cm³/mol. The third-order valence-corrected chi connectivity index (χ3v) is 6.99. The van der Waals surface area contributed by atoms with Gasteiger partial charge in [-0.05, 0) is 72.1 Å². The normalized spacial score (nSPS) is 10.6. The molecule has 2 amide bonds. The molecule has 0 radical (unpaired) electrons. The van der Waals surface area contributed by atoms with Gasteiger partial charge in [0.05, 0.1) is 15.7 Å². The fourth-order valence-corrected chi connectivity index (χ4v) is 3.73. The molecule has 10 heteroatoms. The number of anilines is 2. The third kappa shape index (κ3) is 3.92. The van der Waals surface area contributed by atoms with Crippen molar-refractivity contribution in [3.05, 3.63) is 70.4 Å². The van der Waals surface area contributed by atoms with Crippen molar-refractivity contribution in [1.82, 2.24) is 4.98 Å². The molecule has 2 aromatic carbocycles. The second-order valence-corrected chi connectivity index (χ2v) is 7.79. The monoisotopic (exact) mass is 557 g/mol. The highest BCUT2D eigenvalue weighted by atomic mass is 79.9. The lowest BCUT2D eigenvalue weighted by molar-refractivity contribution is 0.262. The average molecular weight is 560 g/mol. The maximum absolute atomic E-state index is 12.4. The van der Waals surface area contributed by atoms with Gasteiger partial charge < -0.3 is 20.7 Å². The summed E-state index contributed by atoms with van der Waals surface area (Å²) in [4.78, 5) is 39.0. The molecule has 0 saturated heterocycles. The first-order valence-corrected chi connectivity index (χ1v) is 9.77. The number of halogens is 3. The van der Waals surface area contributed by atoms with E-state index in [1.165, 1.54) is 12.1 Å². The number of rotatable bonds is 2. The Kier molecular flexibility index (Phi) is 5.68. The van der Waals surface area contributed by atoms with Crippen LogP contribution >= 0.6 is 47.8 Å². The molecule has 0 aliphatic rings. The van der Waals surface area contributed by atoms with Crippen LogP contribution in [-0.4, -0.2) is 16.1 Å². The summed E-state index contributed by atoms with van der Waals surface area (Å²) < 4.78 is 2.02. The van der Waals surface area contributed by atoms with Gasteiger partial charge >= 0.3 is 6.03 Å². The minimum absolute atomic E-state index is 0.222. The van der Waals surface area contributed by atoms with Crippen LogP contribution in [0.5, 0.6) is 5.75 Å². The molecule has 0 aliphatic carbocycles. The van der Waals surface area contributed by atoms with Crippen LogP contribution in [0.2, 0.25) is 0 Å². The summed E-state index contributed by atoms with van der Waals surface area (Å²) in [6.45, 7) is 0. The van der Waals surface area contributed by atoms with E-state index in [1.807, 2.05) is 0 Å². The standard InChI is InChI=1S/C17H10Br3N3O4/c18-8-5-6-10(12(20)11(8)19)22-17(27)23-13-14(24)7-3-1-2-4-9(7)21-16(26)15(13)25/h1-6H,(H4,21,22,23,24,25,26,27). The van der Waals surface area contributed by atoms with Crippen molar-refractivity contribution in [2.75, 3.05) is 10.6 Å². The SMILES string of the molecule is O=C(Nc1ccc(Br)c(Br)c1Br)Nc1c(O)c2ccccc2[nH]c(=O)c1=O. The number of para-hydroxylation sites is 1. The highest BCUT2D eigenvalue weighted by molar-refractivity contribution is 9.14. The lowest BCUT2D eigenvalue weighted by atomic mass is 10.2. The number of aromatic hydroxyl groups is 1. The summed E-state index contributed by atoms with van der Waals surface area (Å²) in [6, 6.07) is 8.87. The van der Waals surface area contributed by atoms with Gasteiger partial charge in [0.1, 0.15) is 5.69 Å². The maximum atomic E-state index is 12.4. The Morgan fingerprint density at radius 1 is 0.963 bits per heavy atom. The van der Waals surface area contributed by atoms with Crippen LogP contribution in [0, 0.1) is 0 Å². The molecule has 0 bridgehead atoms. The number of benzene rings is 2. The molecule has 3 rings (SSSR count). The van der Waals surface area contributed by atoms with Crippen molar-refractivity contribution >= 4 is 76.1 Å². The zero-order valence-corrected chi connectivity index (χ0v) is 18.0. The number of hydrogen-bond donors (Lipinski definition) is 4. The Labute approximate surface area is 177 Å². The zero-order chi connectivity index (χ0) is 19.7. The maximum Gasteiger partial charge on any atom is 0.323 e. The number of aromatic amines is 1. The van der Waals surface area contributed by atoms with E-state index in [9.17, 15) is 19.5 Å². The minimum atomic E-state index is -1.06. The van der Waals surface area contributed by atoms with Crippen LogP contribution in [0.4, 0.5) is 16.2 Å². The minimum Gasteiger partial charge on any atom is -0.505 e. The van der Waals surface area contributed by atoms with E-state index < -0.39 is 28.5 Å². The van der Waals surface area contributed by atoms with Gasteiger partial charge in [-0.25, -0.2) is 4.79 Å². The Bertz CT molecular complexity index is 1190. The second kappa shape index (κ2) is 7.83. The molecule has 0 atom stereocenters. The Morgan fingerprint density at radius 3 is 2.41 bits per heavy atom. The number of carbonyl (C=O) groups is 1. The summed E-state index contributed by atoms with van der Waals surface area (Å²) in [5.74, 6) is -0.500. The van der Waals surface area contributed by atoms with E-state index >= 15 is 0 Å². The van der Waals surface area contributed by atoms with Gasteiger partial charge in [-0.1, -0.05) is 12.1 Å². The smallest absolute Gasteiger partial charge is 0.323 e. The molecular weight excluding hydrogens is 550 g/mol. The zero-order valence-electron chi connectivity index (χ0n) is 13.3. The Balaban J connectivity index is 2.02. The van der Waals surface area contributed by atoms with Crippen LogP contribution in [0.3, 0.4) is 0 Å². The summed E-state index contributed by atoms with van der Waals surface area (Å²) in [5, 5.41) is 15.5. The molecule has 0 saturated carbocycles. The number of H-pyrrole nitrogens is 1. The number of hydrogen-bond acceptors (Lipinski definition) is 4. The molecule has 0 fully saturated rings. The van der Waals surface area contributed by atoms with Crippen molar-refractivity contribution in [2.45, 2.75) is 0 Å². The third-order valence-electron chi connectivity index (χ3n) is 3.62. The molecule has 0 unspecified atom stereocenters. The molecular formula is C17H10Br3N3O4. The van der Waals surface area contributed by atoms with Crippen LogP contribution < -0.4 is 21.6 Å². The number of amides is 2. The average Bonchev–Trinajstić information content (AvgIpc) is 2.73. The molecule has 138 valence electrons. The Hall–Kier alpha value is -2.17. The topological polar surface area (TPSA) is 111 Å². The van der Waals surface area contributed by atoms with E-state index in [2.05, 4.69) is 63.4 Å². The van der Waals surface area contributed by atoms with E-state index in [-0.39, 0.29) is 10.9 Å². The first kappa shape index (κ1) is 19.6. The molecule has 0 aliphatic heterocycles. The lowest BCUT2D eigenvalue weighted by Gasteiger charge is -2.11. The van der Waals surface area contributed by atoms with Crippen molar-refractivity contribution < 1.29 is 9.90 Å². The van der Waals surface area contributed by atoms with E-state index in [0.717, 1.165) is 4.47 Å². The molecule has 0 spiro atoms. The van der Waals surface area contributed by atoms with E-state index in [1.54, 1.807) is 24.3 Å².